The number of rotatable bonds is 8. The summed E-state index contributed by atoms with van der Waals surface area (Å²) in [5.74, 6) is 0.833. The maximum absolute atomic E-state index is 13.6. The van der Waals surface area contributed by atoms with E-state index in [-0.39, 0.29) is 5.91 Å². The number of hydrogen-bond acceptors (Lipinski definition) is 4. The summed E-state index contributed by atoms with van der Waals surface area (Å²) in [6.45, 7) is 3.05. The van der Waals surface area contributed by atoms with Crippen LogP contribution in [0.15, 0.2) is 103 Å². The highest BCUT2D eigenvalue weighted by Crippen LogP contribution is 2.33. The Bertz CT molecular complexity index is 1410. The van der Waals surface area contributed by atoms with Crippen LogP contribution in [-0.2, 0) is 17.8 Å². The first-order valence-corrected chi connectivity index (χ1v) is 12.5. The number of anilines is 1. The van der Waals surface area contributed by atoms with Gasteiger partial charge in [0.1, 0.15) is 5.75 Å². The van der Waals surface area contributed by atoms with Crippen LogP contribution < -0.4 is 9.64 Å². The molecule has 5 rings (SSSR count). The second-order valence-corrected chi connectivity index (χ2v) is 9.27. The van der Waals surface area contributed by atoms with Gasteiger partial charge in [0.15, 0.2) is 5.13 Å². The number of benzene rings is 4. The summed E-state index contributed by atoms with van der Waals surface area (Å²) in [6, 6.07) is 34.4. The Morgan fingerprint density at radius 1 is 0.829 bits per heavy atom. The predicted molar refractivity (Wildman–Crippen MR) is 144 cm³/mol. The van der Waals surface area contributed by atoms with Crippen molar-refractivity contribution in [1.82, 2.24) is 4.98 Å². The number of carbonyl (C=O) groups excluding carboxylic acids is 1. The summed E-state index contributed by atoms with van der Waals surface area (Å²) in [7, 11) is 0. The van der Waals surface area contributed by atoms with Gasteiger partial charge < -0.3 is 4.74 Å². The molecule has 0 spiro atoms. The van der Waals surface area contributed by atoms with Crippen LogP contribution in [0.25, 0.3) is 21.3 Å². The zero-order chi connectivity index (χ0) is 24.0. The molecule has 5 aromatic rings. The van der Waals surface area contributed by atoms with E-state index in [2.05, 4.69) is 24.3 Å². The molecule has 1 amide bonds. The van der Waals surface area contributed by atoms with Crippen LogP contribution in [0.1, 0.15) is 18.1 Å². The second kappa shape index (κ2) is 10.5. The minimum atomic E-state index is 0.0189. The topological polar surface area (TPSA) is 42.4 Å². The highest BCUT2D eigenvalue weighted by Gasteiger charge is 2.21. The summed E-state index contributed by atoms with van der Waals surface area (Å²) in [4.78, 5) is 20.2. The Morgan fingerprint density at radius 2 is 1.51 bits per heavy atom. The lowest BCUT2D eigenvalue weighted by atomic mass is 10.0. The largest absolute Gasteiger partial charge is 0.494 e. The van der Waals surface area contributed by atoms with E-state index < -0.39 is 0 Å². The van der Waals surface area contributed by atoms with Crippen LogP contribution in [0.2, 0.25) is 0 Å². The molecule has 1 heterocycles. The summed E-state index contributed by atoms with van der Waals surface area (Å²) < 4.78 is 6.65. The summed E-state index contributed by atoms with van der Waals surface area (Å²) >= 11 is 1.52. The molecule has 0 unspecified atom stereocenters. The fourth-order valence-corrected chi connectivity index (χ4v) is 5.02. The Morgan fingerprint density at radius 3 is 2.23 bits per heavy atom. The first-order chi connectivity index (χ1) is 17.2. The molecule has 0 aliphatic rings. The molecule has 0 radical (unpaired) electrons. The van der Waals surface area contributed by atoms with Crippen molar-refractivity contribution in [3.63, 3.8) is 0 Å². The molecule has 0 bridgehead atoms. The molecule has 0 N–H and O–H groups in total. The van der Waals surface area contributed by atoms with Crippen molar-refractivity contribution in [3.8, 4) is 16.9 Å². The molecule has 174 valence electrons. The Balaban J connectivity index is 1.41. The van der Waals surface area contributed by atoms with Crippen molar-refractivity contribution in [3.05, 3.63) is 114 Å². The maximum Gasteiger partial charge on any atom is 0.233 e. The smallest absolute Gasteiger partial charge is 0.233 e. The van der Waals surface area contributed by atoms with E-state index in [1.807, 2.05) is 85.8 Å². The van der Waals surface area contributed by atoms with E-state index in [4.69, 9.17) is 9.72 Å². The molecular formula is C30H26N2O2S. The minimum Gasteiger partial charge on any atom is -0.494 e. The SMILES string of the molecule is CCOc1ccc2nc(N(Cc3ccccc3)C(=O)Cc3ccc(-c4ccccc4)cc3)sc2c1. The van der Waals surface area contributed by atoms with Gasteiger partial charge in [-0.2, -0.15) is 0 Å². The maximum atomic E-state index is 13.6. The first-order valence-electron chi connectivity index (χ1n) is 11.7. The summed E-state index contributed by atoms with van der Waals surface area (Å²) in [6.07, 6.45) is 0.308. The van der Waals surface area contributed by atoms with Crippen LogP contribution in [0, 0.1) is 0 Å². The van der Waals surface area contributed by atoms with Crippen molar-refractivity contribution in [2.45, 2.75) is 19.9 Å². The fourth-order valence-electron chi connectivity index (χ4n) is 4.01. The molecular weight excluding hydrogens is 452 g/mol. The zero-order valence-electron chi connectivity index (χ0n) is 19.6. The number of ether oxygens (including phenoxy) is 1. The van der Waals surface area contributed by atoms with E-state index in [0.29, 0.717) is 24.7 Å². The third kappa shape index (κ3) is 5.42. The van der Waals surface area contributed by atoms with Crippen molar-refractivity contribution in [1.29, 1.82) is 0 Å². The standard InChI is InChI=1S/C30H26N2O2S/c1-2-34-26-17-18-27-28(20-26)35-30(31-27)32(21-23-9-5-3-6-10-23)29(33)19-22-13-15-25(16-14-22)24-11-7-4-8-12-24/h3-18,20H,2,19,21H2,1H3. The fraction of sp³-hybridized carbons (Fsp3) is 0.133. The van der Waals surface area contributed by atoms with E-state index in [9.17, 15) is 4.79 Å². The minimum absolute atomic E-state index is 0.0189. The highest BCUT2D eigenvalue weighted by atomic mass is 32.1. The lowest BCUT2D eigenvalue weighted by Crippen LogP contribution is -2.31. The quantitative estimate of drug-likeness (QED) is 0.238. The van der Waals surface area contributed by atoms with Crippen molar-refractivity contribution in [2.24, 2.45) is 0 Å². The molecule has 0 aliphatic heterocycles. The van der Waals surface area contributed by atoms with Crippen LogP contribution in [0.3, 0.4) is 0 Å². The zero-order valence-corrected chi connectivity index (χ0v) is 20.4. The normalized spacial score (nSPS) is 10.9. The summed E-state index contributed by atoms with van der Waals surface area (Å²) in [5, 5.41) is 0.698. The van der Waals surface area contributed by atoms with Gasteiger partial charge in [-0.1, -0.05) is 96.3 Å². The molecule has 0 aliphatic carbocycles. The van der Waals surface area contributed by atoms with Crippen LogP contribution in [-0.4, -0.2) is 17.5 Å². The van der Waals surface area contributed by atoms with Gasteiger partial charge in [-0.05, 0) is 47.4 Å². The molecule has 1 aromatic heterocycles. The molecule has 4 nitrogen and oxygen atoms in total. The van der Waals surface area contributed by atoms with E-state index in [1.54, 1.807) is 4.90 Å². The molecule has 35 heavy (non-hydrogen) atoms. The van der Waals surface area contributed by atoms with Gasteiger partial charge in [0.2, 0.25) is 5.91 Å². The number of amides is 1. The van der Waals surface area contributed by atoms with Gasteiger partial charge in [-0.15, -0.1) is 0 Å². The molecule has 5 heteroatoms. The molecule has 0 atom stereocenters. The number of thiazole rings is 1. The Hall–Kier alpha value is -3.96. The van der Waals surface area contributed by atoms with Crippen molar-refractivity contribution >= 4 is 32.6 Å². The van der Waals surface area contributed by atoms with Gasteiger partial charge in [0, 0.05) is 0 Å². The molecule has 0 saturated heterocycles. The molecule has 0 fully saturated rings. The van der Waals surface area contributed by atoms with E-state index in [0.717, 1.165) is 38.2 Å². The van der Waals surface area contributed by atoms with Crippen LogP contribution in [0.5, 0.6) is 5.75 Å². The van der Waals surface area contributed by atoms with E-state index >= 15 is 0 Å². The predicted octanol–water partition coefficient (Wildman–Crippen LogP) is 7.14. The Kier molecular flexibility index (Phi) is 6.87. The number of hydrogen-bond donors (Lipinski definition) is 0. The third-order valence-electron chi connectivity index (χ3n) is 5.79. The second-order valence-electron chi connectivity index (χ2n) is 8.26. The van der Waals surface area contributed by atoms with Gasteiger partial charge in [0.25, 0.3) is 0 Å². The monoisotopic (exact) mass is 478 g/mol. The average molecular weight is 479 g/mol. The van der Waals surface area contributed by atoms with Gasteiger partial charge in [-0.3, -0.25) is 9.69 Å². The summed E-state index contributed by atoms with van der Waals surface area (Å²) in [5.41, 5.74) is 5.21. The number of fused-ring (bicyclic) bond motifs is 1. The van der Waals surface area contributed by atoms with Crippen molar-refractivity contribution in [2.75, 3.05) is 11.5 Å². The average Bonchev–Trinajstić information content (AvgIpc) is 3.32. The third-order valence-corrected chi connectivity index (χ3v) is 6.83. The van der Waals surface area contributed by atoms with Gasteiger partial charge >= 0.3 is 0 Å². The van der Waals surface area contributed by atoms with Crippen LogP contribution in [0.4, 0.5) is 5.13 Å². The highest BCUT2D eigenvalue weighted by molar-refractivity contribution is 7.22. The van der Waals surface area contributed by atoms with Crippen molar-refractivity contribution < 1.29 is 9.53 Å². The van der Waals surface area contributed by atoms with Crippen LogP contribution >= 0.6 is 11.3 Å². The first kappa shape index (κ1) is 22.8. The number of aromatic nitrogens is 1. The lowest BCUT2D eigenvalue weighted by molar-refractivity contribution is -0.118. The molecule has 4 aromatic carbocycles. The van der Waals surface area contributed by atoms with E-state index in [1.165, 1.54) is 11.3 Å². The Labute approximate surface area is 209 Å². The lowest BCUT2D eigenvalue weighted by Gasteiger charge is -2.20. The molecule has 0 saturated carbocycles. The van der Waals surface area contributed by atoms with Gasteiger partial charge in [-0.25, -0.2) is 4.98 Å². The van der Waals surface area contributed by atoms with Gasteiger partial charge in [0.05, 0.1) is 29.8 Å². The number of nitrogens with zero attached hydrogens (tertiary/aromatic N) is 2. The number of carbonyl (C=O) groups is 1.